The zero-order valence-electron chi connectivity index (χ0n) is 13.1. The van der Waals surface area contributed by atoms with E-state index < -0.39 is 0 Å². The standard InChI is InChI=1S/C17H22N4O/c1-13(2)7-11-20(14-4-5-14)17(22)16-12-15(6-9-18-16)21-10-3-8-19-21/h3,6,8-10,12-14H,4-5,7,11H2,1-2H3. The molecule has 0 spiro atoms. The lowest BCUT2D eigenvalue weighted by atomic mass is 10.1. The fraction of sp³-hybridized carbons (Fsp3) is 0.471. The Morgan fingerprint density at radius 1 is 1.41 bits per heavy atom. The van der Waals surface area contributed by atoms with E-state index in [1.54, 1.807) is 17.1 Å². The quantitative estimate of drug-likeness (QED) is 0.824. The van der Waals surface area contributed by atoms with Gasteiger partial charge in [-0.15, -0.1) is 0 Å². The molecule has 0 bridgehead atoms. The average Bonchev–Trinajstić information content (AvgIpc) is 3.20. The highest BCUT2D eigenvalue weighted by Crippen LogP contribution is 2.28. The molecule has 0 N–H and O–H groups in total. The molecule has 5 nitrogen and oxygen atoms in total. The molecule has 0 saturated heterocycles. The molecule has 5 heteroatoms. The van der Waals surface area contributed by atoms with Crippen molar-refractivity contribution in [1.82, 2.24) is 19.7 Å². The summed E-state index contributed by atoms with van der Waals surface area (Å²) < 4.78 is 1.74. The van der Waals surface area contributed by atoms with Crippen molar-refractivity contribution in [2.45, 2.75) is 39.2 Å². The summed E-state index contributed by atoms with van der Waals surface area (Å²) in [5.74, 6) is 0.634. The molecule has 0 radical (unpaired) electrons. The monoisotopic (exact) mass is 298 g/mol. The molecule has 1 fully saturated rings. The van der Waals surface area contributed by atoms with Crippen LogP contribution in [0.25, 0.3) is 5.69 Å². The Morgan fingerprint density at radius 3 is 2.86 bits per heavy atom. The SMILES string of the molecule is CC(C)CCN(C(=O)c1cc(-n2cccn2)ccn1)C1CC1. The van der Waals surface area contributed by atoms with Crippen LogP contribution in [0.3, 0.4) is 0 Å². The summed E-state index contributed by atoms with van der Waals surface area (Å²) in [6, 6.07) is 5.95. The summed E-state index contributed by atoms with van der Waals surface area (Å²) in [5, 5.41) is 4.20. The van der Waals surface area contributed by atoms with Crippen molar-refractivity contribution >= 4 is 5.91 Å². The number of nitrogens with zero attached hydrogens (tertiary/aromatic N) is 4. The van der Waals surface area contributed by atoms with Crippen LogP contribution in [0.4, 0.5) is 0 Å². The van der Waals surface area contributed by atoms with Gasteiger partial charge in [0.25, 0.3) is 5.91 Å². The van der Waals surface area contributed by atoms with Crippen molar-refractivity contribution in [3.8, 4) is 5.69 Å². The number of hydrogen-bond donors (Lipinski definition) is 0. The fourth-order valence-electron chi connectivity index (χ4n) is 2.48. The van der Waals surface area contributed by atoms with Gasteiger partial charge in [-0.05, 0) is 43.4 Å². The van der Waals surface area contributed by atoms with E-state index in [-0.39, 0.29) is 5.91 Å². The molecule has 3 rings (SSSR count). The van der Waals surface area contributed by atoms with Crippen LogP contribution in [0.1, 0.15) is 43.6 Å². The molecule has 0 unspecified atom stereocenters. The van der Waals surface area contributed by atoms with Gasteiger partial charge in [0.05, 0.1) is 5.69 Å². The number of amides is 1. The number of hydrogen-bond acceptors (Lipinski definition) is 3. The van der Waals surface area contributed by atoms with Crippen LogP contribution in [0, 0.1) is 5.92 Å². The van der Waals surface area contributed by atoms with Crippen LogP contribution in [0.15, 0.2) is 36.8 Å². The van der Waals surface area contributed by atoms with Crippen LogP contribution in [-0.4, -0.2) is 38.2 Å². The first-order valence-electron chi connectivity index (χ1n) is 7.92. The van der Waals surface area contributed by atoms with Gasteiger partial charge in [-0.3, -0.25) is 9.78 Å². The van der Waals surface area contributed by atoms with Crippen molar-refractivity contribution < 1.29 is 4.79 Å². The molecule has 2 aromatic rings. The lowest BCUT2D eigenvalue weighted by Gasteiger charge is -2.23. The predicted octanol–water partition coefficient (Wildman–Crippen LogP) is 2.92. The van der Waals surface area contributed by atoms with Gasteiger partial charge in [0, 0.05) is 31.2 Å². The first-order chi connectivity index (χ1) is 10.6. The highest BCUT2D eigenvalue weighted by atomic mass is 16.2. The molecule has 2 heterocycles. The lowest BCUT2D eigenvalue weighted by Crippen LogP contribution is -2.35. The van der Waals surface area contributed by atoms with Gasteiger partial charge in [-0.2, -0.15) is 5.10 Å². The third-order valence-electron chi connectivity index (χ3n) is 3.93. The summed E-state index contributed by atoms with van der Waals surface area (Å²) in [6.07, 6.45) is 8.52. The summed E-state index contributed by atoms with van der Waals surface area (Å²) in [6.45, 7) is 5.19. The van der Waals surface area contributed by atoms with Crippen molar-refractivity contribution in [3.63, 3.8) is 0 Å². The maximum absolute atomic E-state index is 12.8. The molecule has 1 saturated carbocycles. The van der Waals surface area contributed by atoms with Crippen LogP contribution in [0.2, 0.25) is 0 Å². The first-order valence-corrected chi connectivity index (χ1v) is 7.92. The van der Waals surface area contributed by atoms with Crippen LogP contribution in [-0.2, 0) is 0 Å². The maximum atomic E-state index is 12.8. The first kappa shape index (κ1) is 14.8. The van der Waals surface area contributed by atoms with E-state index in [4.69, 9.17) is 0 Å². The minimum absolute atomic E-state index is 0.0390. The van der Waals surface area contributed by atoms with Crippen LogP contribution >= 0.6 is 0 Å². The van der Waals surface area contributed by atoms with Gasteiger partial charge >= 0.3 is 0 Å². The molecule has 0 atom stereocenters. The molecule has 1 amide bonds. The molecule has 22 heavy (non-hydrogen) atoms. The maximum Gasteiger partial charge on any atom is 0.272 e. The Labute approximate surface area is 131 Å². The molecule has 0 aromatic carbocycles. The van der Waals surface area contributed by atoms with Crippen molar-refractivity contribution in [3.05, 3.63) is 42.5 Å². The van der Waals surface area contributed by atoms with Gasteiger partial charge < -0.3 is 4.90 Å². The fourth-order valence-corrected chi connectivity index (χ4v) is 2.48. The number of carbonyl (C=O) groups is 1. The van der Waals surface area contributed by atoms with Gasteiger partial charge in [-0.1, -0.05) is 13.8 Å². The van der Waals surface area contributed by atoms with Gasteiger partial charge in [0.2, 0.25) is 0 Å². The molecule has 1 aliphatic carbocycles. The Hall–Kier alpha value is -2.17. The average molecular weight is 298 g/mol. The molecule has 116 valence electrons. The number of carbonyl (C=O) groups excluding carboxylic acids is 1. The molecule has 0 aliphatic heterocycles. The van der Waals surface area contributed by atoms with Crippen molar-refractivity contribution in [1.29, 1.82) is 0 Å². The second-order valence-corrected chi connectivity index (χ2v) is 6.26. The Balaban J connectivity index is 1.79. The van der Waals surface area contributed by atoms with E-state index in [9.17, 15) is 4.79 Å². The normalized spacial score (nSPS) is 14.3. The highest BCUT2D eigenvalue weighted by Gasteiger charge is 2.33. The zero-order valence-corrected chi connectivity index (χ0v) is 13.1. The van der Waals surface area contributed by atoms with E-state index in [2.05, 4.69) is 23.9 Å². The zero-order chi connectivity index (χ0) is 15.5. The summed E-state index contributed by atoms with van der Waals surface area (Å²) in [4.78, 5) is 19.1. The van der Waals surface area contributed by atoms with E-state index in [1.807, 2.05) is 29.3 Å². The molecular formula is C17H22N4O. The van der Waals surface area contributed by atoms with E-state index >= 15 is 0 Å². The number of pyridine rings is 1. The van der Waals surface area contributed by atoms with E-state index in [0.717, 1.165) is 31.5 Å². The number of rotatable bonds is 6. The second kappa shape index (κ2) is 6.30. The predicted molar refractivity (Wildman–Crippen MR) is 84.9 cm³/mol. The van der Waals surface area contributed by atoms with Gasteiger partial charge in [0.1, 0.15) is 5.69 Å². The van der Waals surface area contributed by atoms with Crippen LogP contribution in [0.5, 0.6) is 0 Å². The van der Waals surface area contributed by atoms with Gasteiger partial charge in [0.15, 0.2) is 0 Å². The number of aromatic nitrogens is 3. The lowest BCUT2D eigenvalue weighted by molar-refractivity contribution is 0.0729. The topological polar surface area (TPSA) is 51.0 Å². The summed E-state index contributed by atoms with van der Waals surface area (Å²) in [5.41, 5.74) is 1.37. The Bertz CT molecular complexity index is 632. The molecule has 2 aromatic heterocycles. The Morgan fingerprint density at radius 2 is 2.23 bits per heavy atom. The third kappa shape index (κ3) is 3.35. The van der Waals surface area contributed by atoms with E-state index in [0.29, 0.717) is 17.7 Å². The van der Waals surface area contributed by atoms with E-state index in [1.165, 1.54) is 0 Å². The van der Waals surface area contributed by atoms with Gasteiger partial charge in [-0.25, -0.2) is 4.68 Å². The van der Waals surface area contributed by atoms with Crippen molar-refractivity contribution in [2.75, 3.05) is 6.54 Å². The van der Waals surface area contributed by atoms with Crippen LogP contribution < -0.4 is 0 Å². The third-order valence-corrected chi connectivity index (χ3v) is 3.93. The minimum atomic E-state index is 0.0390. The highest BCUT2D eigenvalue weighted by molar-refractivity contribution is 5.93. The minimum Gasteiger partial charge on any atom is -0.334 e. The molecular weight excluding hydrogens is 276 g/mol. The largest absolute Gasteiger partial charge is 0.334 e. The second-order valence-electron chi connectivity index (χ2n) is 6.26. The van der Waals surface area contributed by atoms with Crippen molar-refractivity contribution in [2.24, 2.45) is 5.92 Å². The smallest absolute Gasteiger partial charge is 0.272 e. The summed E-state index contributed by atoms with van der Waals surface area (Å²) >= 11 is 0. The molecule has 1 aliphatic rings. The summed E-state index contributed by atoms with van der Waals surface area (Å²) in [7, 11) is 0. The Kier molecular flexibility index (Phi) is 4.22.